The van der Waals surface area contributed by atoms with Crippen LogP contribution in [0.25, 0.3) is 0 Å². The average molecular weight is 206 g/mol. The lowest BCUT2D eigenvalue weighted by atomic mass is 10.2. The first-order valence-corrected chi connectivity index (χ1v) is 5.12. The molecular formula is C13H18O2. The molecule has 0 spiro atoms. The molecule has 1 aromatic carbocycles. The fourth-order valence-electron chi connectivity index (χ4n) is 0.903. The van der Waals surface area contributed by atoms with E-state index in [1.807, 2.05) is 44.2 Å². The van der Waals surface area contributed by atoms with Crippen molar-refractivity contribution < 1.29 is 9.59 Å². The second kappa shape index (κ2) is 9.13. The van der Waals surface area contributed by atoms with Gasteiger partial charge in [-0.3, -0.25) is 0 Å². The van der Waals surface area contributed by atoms with Gasteiger partial charge in [-0.15, -0.1) is 0 Å². The number of benzene rings is 1. The molecule has 0 saturated carbocycles. The highest BCUT2D eigenvalue weighted by atomic mass is 16.1. The Balaban J connectivity index is 0.000000288. The normalized spacial score (nSPS) is 9.00. The van der Waals surface area contributed by atoms with Crippen LogP contribution in [0.15, 0.2) is 30.3 Å². The molecule has 2 nitrogen and oxygen atoms in total. The molecular weight excluding hydrogens is 188 g/mol. The minimum atomic E-state index is 0.529. The van der Waals surface area contributed by atoms with Crippen molar-refractivity contribution in [3.8, 4) is 0 Å². The summed E-state index contributed by atoms with van der Waals surface area (Å²) < 4.78 is 0. The first kappa shape index (κ1) is 13.6. The summed E-state index contributed by atoms with van der Waals surface area (Å²) in [5.74, 6) is 0.530. The van der Waals surface area contributed by atoms with Crippen LogP contribution >= 0.6 is 0 Å². The molecule has 82 valence electrons. The van der Waals surface area contributed by atoms with Crippen LogP contribution in [-0.2, 0) is 16.0 Å². The van der Waals surface area contributed by atoms with Gasteiger partial charge in [-0.2, -0.15) is 0 Å². The molecule has 0 radical (unpaired) electrons. The zero-order valence-electron chi connectivity index (χ0n) is 9.35. The van der Waals surface area contributed by atoms with Gasteiger partial charge in [0.2, 0.25) is 0 Å². The van der Waals surface area contributed by atoms with Gasteiger partial charge in [0.15, 0.2) is 0 Å². The van der Waals surface area contributed by atoms with E-state index in [1.165, 1.54) is 0 Å². The van der Waals surface area contributed by atoms with Crippen molar-refractivity contribution in [1.29, 1.82) is 0 Å². The number of rotatable bonds is 4. The zero-order valence-corrected chi connectivity index (χ0v) is 9.35. The molecule has 2 heteroatoms. The van der Waals surface area contributed by atoms with Crippen molar-refractivity contribution >= 4 is 12.6 Å². The molecule has 0 N–H and O–H groups in total. The zero-order chi connectivity index (χ0) is 11.5. The van der Waals surface area contributed by atoms with E-state index in [-0.39, 0.29) is 0 Å². The third kappa shape index (κ3) is 8.88. The summed E-state index contributed by atoms with van der Waals surface area (Å²) in [5.41, 5.74) is 1.08. The van der Waals surface area contributed by atoms with Gasteiger partial charge in [0.05, 0.1) is 0 Å². The van der Waals surface area contributed by atoms with Crippen molar-refractivity contribution in [1.82, 2.24) is 0 Å². The van der Waals surface area contributed by atoms with Gasteiger partial charge in [0.1, 0.15) is 12.6 Å². The monoisotopic (exact) mass is 206 g/mol. The quantitative estimate of drug-likeness (QED) is 0.710. The summed E-state index contributed by atoms with van der Waals surface area (Å²) in [5, 5.41) is 0. The van der Waals surface area contributed by atoms with E-state index < -0.39 is 0 Å². The number of carbonyl (C=O) groups is 2. The minimum absolute atomic E-state index is 0.529. The molecule has 0 aromatic heterocycles. The molecule has 1 rings (SSSR count). The van der Waals surface area contributed by atoms with Crippen molar-refractivity contribution in [2.75, 3.05) is 0 Å². The van der Waals surface area contributed by atoms with Gasteiger partial charge in [0, 0.05) is 12.8 Å². The fourth-order valence-corrected chi connectivity index (χ4v) is 0.903. The topological polar surface area (TPSA) is 34.1 Å². The van der Waals surface area contributed by atoms with Crippen molar-refractivity contribution in [3.63, 3.8) is 0 Å². The van der Waals surface area contributed by atoms with Crippen molar-refractivity contribution in [2.45, 2.75) is 26.7 Å². The first-order chi connectivity index (χ1) is 7.20. The van der Waals surface area contributed by atoms with Gasteiger partial charge in [-0.1, -0.05) is 44.2 Å². The van der Waals surface area contributed by atoms with Crippen LogP contribution < -0.4 is 0 Å². The van der Waals surface area contributed by atoms with Crippen LogP contribution in [0.3, 0.4) is 0 Å². The second-order valence-corrected chi connectivity index (χ2v) is 3.65. The maximum absolute atomic E-state index is 9.97. The molecule has 0 atom stereocenters. The average Bonchev–Trinajstić information content (AvgIpc) is 2.20. The Morgan fingerprint density at radius 1 is 1.07 bits per heavy atom. The SMILES string of the molecule is CC(C)CC=O.O=CCc1ccccc1. The molecule has 0 saturated heterocycles. The number of aldehydes is 2. The third-order valence-corrected chi connectivity index (χ3v) is 1.73. The largest absolute Gasteiger partial charge is 0.303 e. The Bertz CT molecular complexity index is 265. The number of hydrogen-bond acceptors (Lipinski definition) is 2. The third-order valence-electron chi connectivity index (χ3n) is 1.73. The summed E-state index contributed by atoms with van der Waals surface area (Å²) in [4.78, 5) is 19.6. The summed E-state index contributed by atoms with van der Waals surface area (Å²) in [6.45, 7) is 4.04. The molecule has 0 unspecified atom stereocenters. The first-order valence-electron chi connectivity index (χ1n) is 5.12. The van der Waals surface area contributed by atoms with Gasteiger partial charge in [-0.05, 0) is 11.5 Å². The second-order valence-electron chi connectivity index (χ2n) is 3.65. The minimum Gasteiger partial charge on any atom is -0.303 e. The molecule has 0 aliphatic rings. The lowest BCUT2D eigenvalue weighted by Crippen LogP contribution is -1.84. The van der Waals surface area contributed by atoms with Crippen LogP contribution in [0, 0.1) is 5.92 Å². The van der Waals surface area contributed by atoms with Gasteiger partial charge < -0.3 is 9.59 Å². The molecule has 0 amide bonds. The van der Waals surface area contributed by atoms with Crippen molar-refractivity contribution in [3.05, 3.63) is 35.9 Å². The highest BCUT2D eigenvalue weighted by molar-refractivity contribution is 5.54. The van der Waals surface area contributed by atoms with Crippen LogP contribution in [-0.4, -0.2) is 12.6 Å². The summed E-state index contributed by atoms with van der Waals surface area (Å²) >= 11 is 0. The highest BCUT2D eigenvalue weighted by Gasteiger charge is 1.86. The van der Waals surface area contributed by atoms with Crippen LogP contribution in [0.4, 0.5) is 0 Å². The van der Waals surface area contributed by atoms with E-state index in [0.29, 0.717) is 18.8 Å². The smallest absolute Gasteiger partial charge is 0.124 e. The highest BCUT2D eigenvalue weighted by Crippen LogP contribution is 1.96. The Labute approximate surface area is 91.3 Å². The molecule has 0 fully saturated rings. The van der Waals surface area contributed by atoms with Gasteiger partial charge in [-0.25, -0.2) is 0 Å². The fraction of sp³-hybridized carbons (Fsp3) is 0.385. The van der Waals surface area contributed by atoms with Crippen LogP contribution in [0.1, 0.15) is 25.8 Å². The Kier molecular flexibility index (Phi) is 8.25. The predicted octanol–water partition coefficient (Wildman–Crippen LogP) is 2.66. The maximum atomic E-state index is 9.97. The van der Waals surface area contributed by atoms with E-state index in [2.05, 4.69) is 0 Å². The molecule has 0 aliphatic heterocycles. The molecule has 0 bridgehead atoms. The molecule has 15 heavy (non-hydrogen) atoms. The summed E-state index contributed by atoms with van der Waals surface area (Å²) in [6, 6.07) is 9.68. The molecule has 0 heterocycles. The van der Waals surface area contributed by atoms with Crippen LogP contribution in [0.5, 0.6) is 0 Å². The molecule has 1 aromatic rings. The molecule has 0 aliphatic carbocycles. The van der Waals surface area contributed by atoms with E-state index in [0.717, 1.165) is 18.1 Å². The number of hydrogen-bond donors (Lipinski definition) is 0. The Morgan fingerprint density at radius 2 is 1.67 bits per heavy atom. The summed E-state index contributed by atoms with van der Waals surface area (Å²) in [7, 11) is 0. The standard InChI is InChI=1S/C8H8O.C5H10O/c9-7-6-8-4-2-1-3-5-8;1-5(2)3-4-6/h1-5,7H,6H2;4-5H,3H2,1-2H3. The Morgan fingerprint density at radius 3 is 2.00 bits per heavy atom. The van der Waals surface area contributed by atoms with E-state index in [1.54, 1.807) is 0 Å². The lowest BCUT2D eigenvalue weighted by molar-refractivity contribution is -0.108. The lowest BCUT2D eigenvalue weighted by Gasteiger charge is -1.89. The number of carbonyl (C=O) groups excluding carboxylic acids is 2. The predicted molar refractivity (Wildman–Crippen MR) is 61.7 cm³/mol. The van der Waals surface area contributed by atoms with Crippen LogP contribution in [0.2, 0.25) is 0 Å². The van der Waals surface area contributed by atoms with E-state index in [4.69, 9.17) is 0 Å². The maximum Gasteiger partial charge on any atom is 0.124 e. The van der Waals surface area contributed by atoms with Crippen molar-refractivity contribution in [2.24, 2.45) is 5.92 Å². The Hall–Kier alpha value is -1.44. The van der Waals surface area contributed by atoms with Gasteiger partial charge in [0.25, 0.3) is 0 Å². The van der Waals surface area contributed by atoms with E-state index in [9.17, 15) is 9.59 Å². The van der Waals surface area contributed by atoms with E-state index >= 15 is 0 Å². The van der Waals surface area contributed by atoms with Gasteiger partial charge >= 0.3 is 0 Å². The summed E-state index contributed by atoms with van der Waals surface area (Å²) in [6.07, 6.45) is 3.08.